The van der Waals surface area contributed by atoms with Crippen LogP contribution in [0.5, 0.6) is 0 Å². The zero-order valence-corrected chi connectivity index (χ0v) is 14.6. The summed E-state index contributed by atoms with van der Waals surface area (Å²) in [4.78, 5) is 14.9. The van der Waals surface area contributed by atoms with Gasteiger partial charge < -0.3 is 16.0 Å². The predicted molar refractivity (Wildman–Crippen MR) is 99.5 cm³/mol. The highest BCUT2D eigenvalue weighted by atomic mass is 35.5. The molecular weight excluding hydrogens is 345 g/mol. The summed E-state index contributed by atoms with van der Waals surface area (Å²) in [5, 5.41) is 4.00. The number of amides is 1. The van der Waals surface area contributed by atoms with Gasteiger partial charge in [-0.1, -0.05) is 53.5 Å². The molecule has 2 aromatic rings. The molecule has 4 nitrogen and oxygen atoms in total. The first-order valence-electron chi connectivity index (χ1n) is 7.91. The van der Waals surface area contributed by atoms with E-state index >= 15 is 0 Å². The third-order valence-electron chi connectivity index (χ3n) is 4.19. The molecule has 1 saturated heterocycles. The van der Waals surface area contributed by atoms with Crippen molar-refractivity contribution < 1.29 is 4.79 Å². The number of carbonyl (C=O) groups excluding carboxylic acids is 1. The number of hydrogen-bond donors (Lipinski definition) is 2. The maximum atomic E-state index is 13.0. The lowest BCUT2D eigenvalue weighted by Gasteiger charge is -2.25. The minimum Gasteiger partial charge on any atom is -0.396 e. The van der Waals surface area contributed by atoms with E-state index < -0.39 is 6.04 Å². The van der Waals surface area contributed by atoms with E-state index in [0.717, 1.165) is 31.5 Å². The molecule has 1 aliphatic rings. The van der Waals surface area contributed by atoms with E-state index in [1.54, 1.807) is 12.1 Å². The van der Waals surface area contributed by atoms with Crippen LogP contribution < -0.4 is 11.1 Å². The standard InChI is InChI=1S/C18H19Cl2N3O/c19-14-10-13(11-15(20)16(14)21)22-17(12-6-2-1-3-7-12)18(24)23-8-4-5-9-23/h1-3,6-7,10-11,17,22H,4-5,8-9,21H2/t17-/m0/s1. The number of likely N-dealkylation sites (tertiary alicyclic amines) is 1. The smallest absolute Gasteiger partial charge is 0.249 e. The number of hydrogen-bond acceptors (Lipinski definition) is 3. The Labute approximate surface area is 151 Å². The summed E-state index contributed by atoms with van der Waals surface area (Å²) < 4.78 is 0. The van der Waals surface area contributed by atoms with Gasteiger partial charge in [-0.05, 0) is 30.5 Å². The normalized spacial score (nSPS) is 15.3. The van der Waals surface area contributed by atoms with Crippen molar-refractivity contribution in [3.05, 3.63) is 58.1 Å². The Morgan fingerprint density at radius 2 is 1.67 bits per heavy atom. The molecular formula is C18H19Cl2N3O. The Morgan fingerprint density at radius 1 is 1.08 bits per heavy atom. The largest absolute Gasteiger partial charge is 0.396 e. The Balaban J connectivity index is 1.91. The fourth-order valence-corrected chi connectivity index (χ4v) is 3.37. The van der Waals surface area contributed by atoms with Crippen molar-refractivity contribution in [2.75, 3.05) is 24.1 Å². The molecule has 1 atom stereocenters. The molecule has 2 aromatic carbocycles. The van der Waals surface area contributed by atoms with Crippen LogP contribution in [0.1, 0.15) is 24.4 Å². The number of nitrogens with zero attached hydrogens (tertiary/aromatic N) is 1. The first-order valence-corrected chi connectivity index (χ1v) is 8.66. The molecule has 126 valence electrons. The fourth-order valence-electron chi connectivity index (χ4n) is 2.89. The van der Waals surface area contributed by atoms with Gasteiger partial charge in [-0.15, -0.1) is 0 Å². The zero-order valence-electron chi connectivity index (χ0n) is 13.1. The predicted octanol–water partition coefficient (Wildman–Crippen LogP) is 4.35. The number of carbonyl (C=O) groups is 1. The van der Waals surface area contributed by atoms with Crippen LogP contribution in [0, 0.1) is 0 Å². The van der Waals surface area contributed by atoms with Crippen molar-refractivity contribution in [1.29, 1.82) is 0 Å². The maximum absolute atomic E-state index is 13.0. The fraction of sp³-hybridized carbons (Fsp3) is 0.278. The maximum Gasteiger partial charge on any atom is 0.249 e. The number of nitrogens with two attached hydrogens (primary N) is 1. The lowest BCUT2D eigenvalue weighted by molar-refractivity contribution is -0.131. The molecule has 0 aliphatic carbocycles. The van der Waals surface area contributed by atoms with E-state index in [1.165, 1.54) is 0 Å². The Kier molecular flexibility index (Phi) is 5.17. The summed E-state index contributed by atoms with van der Waals surface area (Å²) in [6.07, 6.45) is 2.10. The summed E-state index contributed by atoms with van der Waals surface area (Å²) >= 11 is 12.2. The van der Waals surface area contributed by atoms with Crippen LogP contribution in [0.3, 0.4) is 0 Å². The third kappa shape index (κ3) is 3.60. The Bertz CT molecular complexity index is 707. The topological polar surface area (TPSA) is 58.4 Å². The van der Waals surface area contributed by atoms with E-state index in [9.17, 15) is 4.79 Å². The molecule has 6 heteroatoms. The van der Waals surface area contributed by atoms with Gasteiger partial charge in [0.15, 0.2) is 0 Å². The molecule has 0 unspecified atom stereocenters. The van der Waals surface area contributed by atoms with Gasteiger partial charge in [0, 0.05) is 18.8 Å². The second-order valence-electron chi connectivity index (χ2n) is 5.87. The molecule has 0 radical (unpaired) electrons. The van der Waals surface area contributed by atoms with Gasteiger partial charge in [-0.3, -0.25) is 4.79 Å². The Morgan fingerprint density at radius 3 is 2.25 bits per heavy atom. The highest BCUT2D eigenvalue weighted by molar-refractivity contribution is 6.39. The first kappa shape index (κ1) is 16.9. The molecule has 0 spiro atoms. The monoisotopic (exact) mass is 363 g/mol. The van der Waals surface area contributed by atoms with Crippen molar-refractivity contribution in [3.63, 3.8) is 0 Å². The second kappa shape index (κ2) is 7.32. The molecule has 1 aliphatic heterocycles. The zero-order chi connectivity index (χ0) is 17.1. The van der Waals surface area contributed by atoms with Crippen LogP contribution in [0.25, 0.3) is 0 Å². The minimum atomic E-state index is -0.486. The van der Waals surface area contributed by atoms with E-state index in [4.69, 9.17) is 28.9 Å². The van der Waals surface area contributed by atoms with Gasteiger partial charge in [-0.2, -0.15) is 0 Å². The summed E-state index contributed by atoms with van der Waals surface area (Å²) in [6, 6.07) is 12.5. The lowest BCUT2D eigenvalue weighted by atomic mass is 10.0. The molecule has 3 N–H and O–H groups in total. The van der Waals surface area contributed by atoms with Crippen molar-refractivity contribution in [1.82, 2.24) is 4.90 Å². The van der Waals surface area contributed by atoms with Crippen LogP contribution in [-0.2, 0) is 4.79 Å². The van der Waals surface area contributed by atoms with Crippen LogP contribution in [0.15, 0.2) is 42.5 Å². The van der Waals surface area contributed by atoms with Crippen LogP contribution in [0.2, 0.25) is 10.0 Å². The summed E-state index contributed by atoms with van der Waals surface area (Å²) in [7, 11) is 0. The molecule has 1 heterocycles. The average Bonchev–Trinajstić information content (AvgIpc) is 3.12. The number of nitrogen functional groups attached to an aromatic ring is 1. The van der Waals surface area contributed by atoms with Crippen molar-refractivity contribution in [3.8, 4) is 0 Å². The van der Waals surface area contributed by atoms with E-state index in [1.807, 2.05) is 35.2 Å². The number of nitrogens with one attached hydrogen (secondary N) is 1. The molecule has 1 amide bonds. The summed E-state index contributed by atoms with van der Waals surface area (Å²) in [5.41, 5.74) is 7.69. The number of halogens is 2. The van der Waals surface area contributed by atoms with Gasteiger partial charge in [0.25, 0.3) is 0 Å². The van der Waals surface area contributed by atoms with Gasteiger partial charge in [0.2, 0.25) is 5.91 Å². The second-order valence-corrected chi connectivity index (χ2v) is 6.69. The van der Waals surface area contributed by atoms with Crippen molar-refractivity contribution in [2.24, 2.45) is 0 Å². The van der Waals surface area contributed by atoms with Gasteiger partial charge in [0.05, 0.1) is 15.7 Å². The van der Waals surface area contributed by atoms with Crippen molar-refractivity contribution >= 4 is 40.5 Å². The highest BCUT2D eigenvalue weighted by Crippen LogP contribution is 2.33. The van der Waals surface area contributed by atoms with E-state index in [2.05, 4.69) is 5.32 Å². The number of anilines is 2. The molecule has 0 saturated carbocycles. The van der Waals surface area contributed by atoms with Crippen LogP contribution >= 0.6 is 23.2 Å². The average molecular weight is 364 g/mol. The first-order chi connectivity index (χ1) is 11.6. The lowest BCUT2D eigenvalue weighted by Crippen LogP contribution is -2.36. The van der Waals surface area contributed by atoms with E-state index in [-0.39, 0.29) is 5.91 Å². The van der Waals surface area contributed by atoms with Gasteiger partial charge >= 0.3 is 0 Å². The molecule has 3 rings (SSSR count). The third-order valence-corrected chi connectivity index (χ3v) is 4.81. The number of rotatable bonds is 4. The van der Waals surface area contributed by atoms with Crippen LogP contribution in [0.4, 0.5) is 11.4 Å². The highest BCUT2D eigenvalue weighted by Gasteiger charge is 2.28. The summed E-state index contributed by atoms with van der Waals surface area (Å²) in [5.74, 6) is 0.0581. The van der Waals surface area contributed by atoms with Crippen molar-refractivity contribution in [2.45, 2.75) is 18.9 Å². The molecule has 0 bridgehead atoms. The quantitative estimate of drug-likeness (QED) is 0.793. The molecule has 1 fully saturated rings. The van der Waals surface area contributed by atoms with E-state index in [0.29, 0.717) is 21.4 Å². The number of benzene rings is 2. The van der Waals surface area contributed by atoms with Gasteiger partial charge in [0.1, 0.15) is 6.04 Å². The molecule has 24 heavy (non-hydrogen) atoms. The minimum absolute atomic E-state index is 0.0581. The van der Waals surface area contributed by atoms with Gasteiger partial charge in [-0.25, -0.2) is 0 Å². The Hall–Kier alpha value is -1.91. The SMILES string of the molecule is Nc1c(Cl)cc(N[C@H](C(=O)N2CCCC2)c2ccccc2)cc1Cl. The van der Waals surface area contributed by atoms with Crippen LogP contribution in [-0.4, -0.2) is 23.9 Å². The molecule has 0 aromatic heterocycles. The summed E-state index contributed by atoms with van der Waals surface area (Å²) in [6.45, 7) is 1.60.